The van der Waals surface area contributed by atoms with Gasteiger partial charge in [-0.25, -0.2) is 0 Å². The van der Waals surface area contributed by atoms with Crippen LogP contribution in [0.25, 0.3) is 0 Å². The number of benzene rings is 1. The summed E-state index contributed by atoms with van der Waals surface area (Å²) in [6.45, 7) is 5.40. The van der Waals surface area contributed by atoms with Crippen LogP contribution in [0.3, 0.4) is 0 Å². The molecule has 1 aliphatic heterocycles. The van der Waals surface area contributed by atoms with Gasteiger partial charge in [0, 0.05) is 10.6 Å². The molecule has 0 aromatic heterocycles. The lowest BCUT2D eigenvalue weighted by Gasteiger charge is -2.25. The molecule has 0 amide bonds. The number of hydrogen-bond donors (Lipinski definition) is 1. The Morgan fingerprint density at radius 1 is 1.43 bits per heavy atom. The molecular formula is C12H16ClN. The van der Waals surface area contributed by atoms with Gasteiger partial charge in [0.2, 0.25) is 0 Å². The maximum Gasteiger partial charge on any atom is 0.0438 e. The summed E-state index contributed by atoms with van der Waals surface area (Å²) >= 11 is 6.13. The van der Waals surface area contributed by atoms with E-state index in [0.717, 1.165) is 17.1 Å². The van der Waals surface area contributed by atoms with Crippen LogP contribution in [0.15, 0.2) is 18.2 Å². The smallest absolute Gasteiger partial charge is 0.0438 e. The fraction of sp³-hybridized carbons (Fsp3) is 0.500. The summed E-state index contributed by atoms with van der Waals surface area (Å²) in [7, 11) is 0. The zero-order valence-electron chi connectivity index (χ0n) is 8.73. The van der Waals surface area contributed by atoms with Crippen molar-refractivity contribution in [3.05, 3.63) is 34.3 Å². The van der Waals surface area contributed by atoms with Crippen LogP contribution in [0.2, 0.25) is 5.02 Å². The highest BCUT2D eigenvalue weighted by Gasteiger charge is 2.29. The summed E-state index contributed by atoms with van der Waals surface area (Å²) in [6.07, 6.45) is 2.45. The van der Waals surface area contributed by atoms with E-state index in [-0.39, 0.29) is 5.54 Å². The van der Waals surface area contributed by atoms with Crippen LogP contribution in [0.5, 0.6) is 0 Å². The zero-order valence-corrected chi connectivity index (χ0v) is 9.49. The standard InChI is InChI=1S/C12H16ClN/c1-9-4-5-10(8-11(9)13)12(2)6-3-7-14-12/h4-5,8,14H,3,6-7H2,1-2H3. The molecule has 1 saturated heterocycles. The first-order valence-corrected chi connectivity index (χ1v) is 5.51. The average Bonchev–Trinajstić information content (AvgIpc) is 2.58. The second kappa shape index (κ2) is 3.56. The summed E-state index contributed by atoms with van der Waals surface area (Å²) in [4.78, 5) is 0. The average molecular weight is 210 g/mol. The lowest BCUT2D eigenvalue weighted by Crippen LogP contribution is -2.33. The molecule has 1 aromatic rings. The van der Waals surface area contributed by atoms with Gasteiger partial charge in [0.05, 0.1) is 0 Å². The Morgan fingerprint density at radius 2 is 2.21 bits per heavy atom. The maximum atomic E-state index is 6.13. The Labute approximate surface area is 90.5 Å². The van der Waals surface area contributed by atoms with E-state index >= 15 is 0 Å². The predicted octanol–water partition coefficient (Wildman–Crippen LogP) is 3.25. The second-order valence-corrected chi connectivity index (χ2v) is 4.73. The topological polar surface area (TPSA) is 12.0 Å². The molecular weight excluding hydrogens is 194 g/mol. The van der Waals surface area contributed by atoms with Crippen molar-refractivity contribution in [2.75, 3.05) is 6.54 Å². The molecule has 0 aliphatic carbocycles. The molecule has 14 heavy (non-hydrogen) atoms. The van der Waals surface area contributed by atoms with Crippen LogP contribution in [0.4, 0.5) is 0 Å². The molecule has 1 atom stereocenters. The maximum absolute atomic E-state index is 6.13. The third-order valence-corrected chi connectivity index (χ3v) is 3.58. The van der Waals surface area contributed by atoms with Crippen molar-refractivity contribution >= 4 is 11.6 Å². The first-order valence-electron chi connectivity index (χ1n) is 5.13. The highest BCUT2D eigenvalue weighted by Crippen LogP contribution is 2.32. The van der Waals surface area contributed by atoms with Gasteiger partial charge < -0.3 is 5.32 Å². The lowest BCUT2D eigenvalue weighted by atomic mass is 9.90. The summed E-state index contributed by atoms with van der Waals surface area (Å²) in [5.41, 5.74) is 2.60. The first-order chi connectivity index (χ1) is 6.62. The largest absolute Gasteiger partial charge is 0.308 e. The van der Waals surface area contributed by atoms with Gasteiger partial charge in [-0.3, -0.25) is 0 Å². The highest BCUT2D eigenvalue weighted by molar-refractivity contribution is 6.31. The Kier molecular flexibility index (Phi) is 2.54. The third-order valence-electron chi connectivity index (χ3n) is 3.18. The second-order valence-electron chi connectivity index (χ2n) is 4.33. The zero-order chi connectivity index (χ0) is 10.2. The quantitative estimate of drug-likeness (QED) is 0.749. The van der Waals surface area contributed by atoms with Gasteiger partial charge in [0.1, 0.15) is 0 Å². The lowest BCUT2D eigenvalue weighted by molar-refractivity contribution is 0.435. The highest BCUT2D eigenvalue weighted by atomic mass is 35.5. The summed E-state index contributed by atoms with van der Waals surface area (Å²) in [5, 5.41) is 4.41. The van der Waals surface area contributed by atoms with E-state index in [1.54, 1.807) is 0 Å². The van der Waals surface area contributed by atoms with Gasteiger partial charge in [-0.15, -0.1) is 0 Å². The molecule has 0 radical (unpaired) electrons. The number of aryl methyl sites for hydroxylation is 1. The summed E-state index contributed by atoms with van der Waals surface area (Å²) < 4.78 is 0. The normalized spacial score (nSPS) is 26.8. The Morgan fingerprint density at radius 3 is 2.79 bits per heavy atom. The molecule has 2 rings (SSSR count). The minimum atomic E-state index is 0.136. The summed E-state index contributed by atoms with van der Waals surface area (Å²) in [6, 6.07) is 6.37. The third kappa shape index (κ3) is 1.67. The number of rotatable bonds is 1. The van der Waals surface area contributed by atoms with Crippen molar-refractivity contribution in [3.8, 4) is 0 Å². The van der Waals surface area contributed by atoms with Crippen LogP contribution >= 0.6 is 11.6 Å². The van der Waals surface area contributed by atoms with Gasteiger partial charge >= 0.3 is 0 Å². The predicted molar refractivity (Wildman–Crippen MR) is 60.8 cm³/mol. The van der Waals surface area contributed by atoms with Crippen LogP contribution in [-0.2, 0) is 5.54 Å². The summed E-state index contributed by atoms with van der Waals surface area (Å²) in [5.74, 6) is 0. The number of hydrogen-bond acceptors (Lipinski definition) is 1. The van der Waals surface area contributed by atoms with Gasteiger partial charge in [-0.1, -0.05) is 23.7 Å². The molecule has 1 nitrogen and oxygen atoms in total. The Bertz CT molecular complexity index is 340. The Hall–Kier alpha value is -0.530. The fourth-order valence-electron chi connectivity index (χ4n) is 2.08. The first kappa shape index (κ1) is 10.0. The SMILES string of the molecule is Cc1ccc(C2(C)CCCN2)cc1Cl. The van der Waals surface area contributed by atoms with Crippen molar-refractivity contribution in [2.24, 2.45) is 0 Å². The van der Waals surface area contributed by atoms with Crippen molar-refractivity contribution in [1.29, 1.82) is 0 Å². The molecule has 0 saturated carbocycles. The minimum Gasteiger partial charge on any atom is -0.308 e. The van der Waals surface area contributed by atoms with Gasteiger partial charge in [-0.2, -0.15) is 0 Å². The molecule has 2 heteroatoms. The van der Waals surface area contributed by atoms with Gasteiger partial charge in [0.25, 0.3) is 0 Å². The monoisotopic (exact) mass is 209 g/mol. The molecule has 1 N–H and O–H groups in total. The van der Waals surface area contributed by atoms with Crippen molar-refractivity contribution in [1.82, 2.24) is 5.32 Å². The molecule has 1 heterocycles. The van der Waals surface area contributed by atoms with E-state index in [1.165, 1.54) is 18.4 Å². The van der Waals surface area contributed by atoms with Crippen LogP contribution in [0.1, 0.15) is 30.9 Å². The molecule has 0 spiro atoms. The molecule has 1 aliphatic rings. The Balaban J connectivity index is 2.36. The minimum absolute atomic E-state index is 0.136. The van der Waals surface area contributed by atoms with Crippen LogP contribution < -0.4 is 5.32 Å². The van der Waals surface area contributed by atoms with E-state index in [1.807, 2.05) is 6.92 Å². The van der Waals surface area contributed by atoms with Crippen molar-refractivity contribution in [2.45, 2.75) is 32.2 Å². The molecule has 1 aromatic carbocycles. The fourth-order valence-corrected chi connectivity index (χ4v) is 2.26. The molecule has 76 valence electrons. The van der Waals surface area contributed by atoms with E-state index in [4.69, 9.17) is 11.6 Å². The van der Waals surface area contributed by atoms with Crippen molar-refractivity contribution in [3.63, 3.8) is 0 Å². The van der Waals surface area contributed by atoms with E-state index < -0.39 is 0 Å². The van der Waals surface area contributed by atoms with E-state index in [2.05, 4.69) is 30.4 Å². The molecule has 1 fully saturated rings. The van der Waals surface area contributed by atoms with Gasteiger partial charge in [-0.05, 0) is 50.4 Å². The van der Waals surface area contributed by atoms with E-state index in [9.17, 15) is 0 Å². The number of nitrogens with one attached hydrogen (secondary N) is 1. The van der Waals surface area contributed by atoms with E-state index in [0.29, 0.717) is 0 Å². The molecule has 0 bridgehead atoms. The van der Waals surface area contributed by atoms with Crippen LogP contribution in [0, 0.1) is 6.92 Å². The number of halogens is 1. The van der Waals surface area contributed by atoms with Gasteiger partial charge in [0.15, 0.2) is 0 Å². The molecule has 1 unspecified atom stereocenters. The van der Waals surface area contributed by atoms with Crippen molar-refractivity contribution < 1.29 is 0 Å². The van der Waals surface area contributed by atoms with Crippen LogP contribution in [-0.4, -0.2) is 6.54 Å².